The first-order chi connectivity index (χ1) is 10.3. The van der Waals surface area contributed by atoms with E-state index in [1.807, 2.05) is 13.8 Å². The van der Waals surface area contributed by atoms with Gasteiger partial charge in [-0.1, -0.05) is 13.8 Å². The summed E-state index contributed by atoms with van der Waals surface area (Å²) in [5.74, 6) is 0.100. The zero-order chi connectivity index (χ0) is 16.8. The van der Waals surface area contributed by atoms with Crippen molar-refractivity contribution >= 4 is 0 Å². The summed E-state index contributed by atoms with van der Waals surface area (Å²) < 4.78 is 44.3. The predicted octanol–water partition coefficient (Wildman–Crippen LogP) is 3.73. The molecule has 0 aliphatic rings. The molecule has 0 aliphatic heterocycles. The molecule has 126 valence electrons. The van der Waals surface area contributed by atoms with Gasteiger partial charge in [-0.15, -0.1) is 0 Å². The summed E-state index contributed by atoms with van der Waals surface area (Å²) in [5.41, 5.74) is -0.304. The molecule has 0 radical (unpaired) electrons. The maximum Gasteiger partial charge on any atom is 0.416 e. The Morgan fingerprint density at radius 3 is 2.41 bits per heavy atom. The molecular formula is C16H23F3O3. The maximum absolute atomic E-state index is 12.9. The van der Waals surface area contributed by atoms with E-state index in [4.69, 9.17) is 9.84 Å². The Hall–Kier alpha value is -1.27. The molecule has 1 rings (SSSR count). The molecule has 22 heavy (non-hydrogen) atoms. The minimum absolute atomic E-state index is 0.191. The number of ether oxygens (including phenoxy) is 1. The van der Waals surface area contributed by atoms with Gasteiger partial charge in [0.2, 0.25) is 0 Å². The Morgan fingerprint density at radius 2 is 1.91 bits per heavy atom. The average molecular weight is 320 g/mol. The molecule has 2 unspecified atom stereocenters. The number of benzene rings is 1. The lowest BCUT2D eigenvalue weighted by molar-refractivity contribution is -0.137. The Labute approximate surface area is 128 Å². The minimum Gasteiger partial charge on any atom is -0.493 e. The molecule has 0 saturated heterocycles. The first-order valence-corrected chi connectivity index (χ1v) is 7.46. The van der Waals surface area contributed by atoms with Crippen LogP contribution in [0.25, 0.3) is 0 Å². The standard InChI is InChI=1S/C16H23F3O3/c1-3-7-22-15-6-5-12(16(17,18)19)9-14(15)11(4-2)8-13(21)10-20/h5-6,9,11,13,20-21H,3-4,7-8,10H2,1-2H3. The third kappa shape index (κ3) is 5.18. The van der Waals surface area contributed by atoms with Crippen molar-refractivity contribution in [3.8, 4) is 5.75 Å². The smallest absolute Gasteiger partial charge is 0.416 e. The number of aliphatic hydroxyl groups is 2. The van der Waals surface area contributed by atoms with Gasteiger partial charge in [0, 0.05) is 0 Å². The molecule has 0 spiro atoms. The molecule has 2 N–H and O–H groups in total. The van der Waals surface area contributed by atoms with Gasteiger partial charge in [0.05, 0.1) is 24.9 Å². The van der Waals surface area contributed by atoms with Gasteiger partial charge in [0.25, 0.3) is 0 Å². The summed E-state index contributed by atoms with van der Waals surface area (Å²) in [7, 11) is 0. The molecule has 1 aromatic rings. The molecule has 0 amide bonds. The van der Waals surface area contributed by atoms with Crippen LogP contribution in [0, 0.1) is 0 Å². The van der Waals surface area contributed by atoms with Gasteiger partial charge in [0.1, 0.15) is 5.75 Å². The first kappa shape index (κ1) is 18.8. The predicted molar refractivity (Wildman–Crippen MR) is 78.0 cm³/mol. The van der Waals surface area contributed by atoms with E-state index in [-0.39, 0.29) is 12.3 Å². The lowest BCUT2D eigenvalue weighted by Crippen LogP contribution is -2.17. The van der Waals surface area contributed by atoms with Crippen LogP contribution in [0.4, 0.5) is 13.2 Å². The van der Waals surface area contributed by atoms with Crippen LogP contribution in [-0.2, 0) is 6.18 Å². The van der Waals surface area contributed by atoms with Crippen molar-refractivity contribution in [2.24, 2.45) is 0 Å². The number of hydrogen-bond acceptors (Lipinski definition) is 3. The van der Waals surface area contributed by atoms with Crippen molar-refractivity contribution in [1.82, 2.24) is 0 Å². The fourth-order valence-electron chi connectivity index (χ4n) is 2.30. The van der Waals surface area contributed by atoms with Gasteiger partial charge >= 0.3 is 6.18 Å². The normalized spacial score (nSPS) is 14.7. The van der Waals surface area contributed by atoms with Crippen molar-refractivity contribution in [2.75, 3.05) is 13.2 Å². The zero-order valence-electron chi connectivity index (χ0n) is 12.9. The second-order valence-electron chi connectivity index (χ2n) is 5.28. The van der Waals surface area contributed by atoms with Crippen molar-refractivity contribution < 1.29 is 28.1 Å². The van der Waals surface area contributed by atoms with E-state index in [1.54, 1.807) is 0 Å². The molecule has 2 atom stereocenters. The molecule has 3 nitrogen and oxygen atoms in total. The van der Waals surface area contributed by atoms with Crippen LogP contribution in [0.5, 0.6) is 5.75 Å². The van der Waals surface area contributed by atoms with Crippen LogP contribution >= 0.6 is 0 Å². The van der Waals surface area contributed by atoms with Crippen molar-refractivity contribution in [3.63, 3.8) is 0 Å². The maximum atomic E-state index is 12.9. The highest BCUT2D eigenvalue weighted by atomic mass is 19.4. The topological polar surface area (TPSA) is 49.7 Å². The Morgan fingerprint density at radius 1 is 1.23 bits per heavy atom. The Bertz CT molecular complexity index is 460. The van der Waals surface area contributed by atoms with E-state index < -0.39 is 24.5 Å². The molecule has 0 aliphatic carbocycles. The fraction of sp³-hybridized carbons (Fsp3) is 0.625. The summed E-state index contributed by atoms with van der Waals surface area (Å²) in [4.78, 5) is 0. The van der Waals surface area contributed by atoms with Crippen LogP contribution in [0.15, 0.2) is 18.2 Å². The molecule has 0 aromatic heterocycles. The van der Waals surface area contributed by atoms with Crippen molar-refractivity contribution in [1.29, 1.82) is 0 Å². The summed E-state index contributed by atoms with van der Waals surface area (Å²) >= 11 is 0. The van der Waals surface area contributed by atoms with Crippen molar-refractivity contribution in [2.45, 2.75) is 51.3 Å². The Kier molecular flexibility index (Phi) is 7.16. The van der Waals surface area contributed by atoms with E-state index in [0.717, 1.165) is 18.6 Å². The van der Waals surface area contributed by atoms with Gasteiger partial charge < -0.3 is 14.9 Å². The number of halogens is 3. The molecular weight excluding hydrogens is 297 g/mol. The summed E-state index contributed by atoms with van der Waals surface area (Å²) in [5, 5.41) is 18.6. The van der Waals surface area contributed by atoms with Gasteiger partial charge in [-0.2, -0.15) is 13.2 Å². The second kappa shape index (κ2) is 8.39. The molecule has 0 bridgehead atoms. The largest absolute Gasteiger partial charge is 0.493 e. The van der Waals surface area contributed by atoms with Crippen LogP contribution in [0.2, 0.25) is 0 Å². The first-order valence-electron chi connectivity index (χ1n) is 7.46. The average Bonchev–Trinajstić information content (AvgIpc) is 2.49. The molecule has 0 heterocycles. The minimum atomic E-state index is -4.42. The monoisotopic (exact) mass is 320 g/mol. The third-order valence-electron chi connectivity index (χ3n) is 3.50. The number of aliphatic hydroxyl groups excluding tert-OH is 2. The van der Waals surface area contributed by atoms with E-state index in [9.17, 15) is 18.3 Å². The molecule has 6 heteroatoms. The van der Waals surface area contributed by atoms with Crippen LogP contribution in [0.1, 0.15) is 50.2 Å². The lowest BCUT2D eigenvalue weighted by atomic mass is 9.89. The zero-order valence-corrected chi connectivity index (χ0v) is 12.9. The highest BCUT2D eigenvalue weighted by Crippen LogP contribution is 2.38. The SMILES string of the molecule is CCCOc1ccc(C(F)(F)F)cc1C(CC)CC(O)CO. The van der Waals surface area contributed by atoms with Crippen LogP contribution in [-0.4, -0.2) is 29.5 Å². The summed E-state index contributed by atoms with van der Waals surface area (Å²) in [6.07, 6.45) is -3.90. The van der Waals surface area contributed by atoms with E-state index in [2.05, 4.69) is 0 Å². The highest BCUT2D eigenvalue weighted by molar-refractivity contribution is 5.41. The van der Waals surface area contributed by atoms with Gasteiger partial charge in [-0.05, 0) is 48.9 Å². The Balaban J connectivity index is 3.18. The van der Waals surface area contributed by atoms with E-state index in [1.165, 1.54) is 6.07 Å². The van der Waals surface area contributed by atoms with Crippen LogP contribution in [0.3, 0.4) is 0 Å². The summed E-state index contributed by atoms with van der Waals surface area (Å²) in [6.45, 7) is 3.74. The second-order valence-corrected chi connectivity index (χ2v) is 5.28. The number of rotatable bonds is 8. The fourth-order valence-corrected chi connectivity index (χ4v) is 2.30. The lowest BCUT2D eigenvalue weighted by Gasteiger charge is -2.22. The third-order valence-corrected chi connectivity index (χ3v) is 3.50. The molecule has 0 fully saturated rings. The highest BCUT2D eigenvalue weighted by Gasteiger charge is 2.32. The van der Waals surface area contributed by atoms with E-state index in [0.29, 0.717) is 24.3 Å². The van der Waals surface area contributed by atoms with Crippen LogP contribution < -0.4 is 4.74 Å². The number of alkyl halides is 3. The molecule has 1 aromatic carbocycles. The van der Waals surface area contributed by atoms with E-state index >= 15 is 0 Å². The summed E-state index contributed by atoms with van der Waals surface area (Å²) in [6, 6.07) is 3.43. The van der Waals surface area contributed by atoms with Gasteiger partial charge in [-0.3, -0.25) is 0 Å². The van der Waals surface area contributed by atoms with Gasteiger partial charge in [0.15, 0.2) is 0 Å². The number of hydrogen-bond donors (Lipinski definition) is 2. The van der Waals surface area contributed by atoms with Crippen molar-refractivity contribution in [3.05, 3.63) is 29.3 Å². The molecule has 0 saturated carbocycles. The van der Waals surface area contributed by atoms with Gasteiger partial charge in [-0.25, -0.2) is 0 Å². The quantitative estimate of drug-likeness (QED) is 0.767.